The number of Topliss-reactive ketones (excluding diaryl/α,β-unsaturated/α-hetero) is 4. The topological polar surface area (TPSA) is 94.6 Å². The van der Waals surface area contributed by atoms with E-state index in [2.05, 4.69) is 6.58 Å². The second-order valence-electron chi connectivity index (χ2n) is 11.0. The molecule has 2 unspecified atom stereocenters. The molecule has 2 aliphatic carbocycles. The van der Waals surface area contributed by atoms with Crippen LogP contribution in [0.1, 0.15) is 80.1 Å². The molecule has 0 amide bonds. The molecule has 2 saturated carbocycles. The van der Waals surface area contributed by atoms with Crippen LogP contribution in [0.5, 0.6) is 0 Å². The normalized spacial score (nSPS) is 27.4. The Labute approximate surface area is 189 Å². The lowest BCUT2D eigenvalue weighted by Gasteiger charge is -2.43. The van der Waals surface area contributed by atoms with Crippen LogP contribution in [0.15, 0.2) is 12.2 Å². The molecule has 6 nitrogen and oxygen atoms in total. The van der Waals surface area contributed by atoms with Gasteiger partial charge in [0.2, 0.25) is 0 Å². The molecule has 0 aromatic heterocycles. The summed E-state index contributed by atoms with van der Waals surface area (Å²) in [6, 6.07) is 0. The summed E-state index contributed by atoms with van der Waals surface area (Å²) in [5.41, 5.74) is -0.00938. The number of ether oxygens (including phenoxy) is 1. The highest BCUT2D eigenvalue weighted by molar-refractivity contribution is 6.42. The molecule has 174 valence electrons. The van der Waals surface area contributed by atoms with E-state index in [-0.39, 0.29) is 52.9 Å². The number of carbonyl (C=O) groups is 5. The van der Waals surface area contributed by atoms with Crippen LogP contribution >= 0.6 is 0 Å². The van der Waals surface area contributed by atoms with Gasteiger partial charge in [0.05, 0.1) is 18.1 Å². The van der Waals surface area contributed by atoms with E-state index in [4.69, 9.17) is 4.74 Å². The Morgan fingerprint density at radius 2 is 1.55 bits per heavy atom. The first-order valence-corrected chi connectivity index (χ1v) is 11.9. The fourth-order valence-electron chi connectivity index (χ4n) is 4.26. The first-order chi connectivity index (χ1) is 14.0. The molecule has 2 rings (SSSR count). The van der Waals surface area contributed by atoms with Crippen molar-refractivity contribution in [1.82, 2.24) is 0 Å². The van der Waals surface area contributed by atoms with Crippen molar-refractivity contribution in [2.45, 2.75) is 85.1 Å². The van der Waals surface area contributed by atoms with Crippen LogP contribution in [0.3, 0.4) is 0 Å². The largest absolute Gasteiger partial charge is 0.462 e. The smallest absolute Gasteiger partial charge is 0.333 e. The first kappa shape index (κ1) is 27.1. The number of hydrogen-bond donors (Lipinski definition) is 0. The SMILES string of the molecule is C=C(C)C(=O)OCCCC1C(=O)C(C)([SiH3])C(=O)CC1(C)C.CC1(C)CC(=O)CC(=O)C1. The Balaban J connectivity index is 0.000000399. The lowest BCUT2D eigenvalue weighted by molar-refractivity contribution is -0.143. The molecular formula is C24H38O6Si. The Hall–Kier alpha value is -1.89. The van der Waals surface area contributed by atoms with Gasteiger partial charge in [-0.25, -0.2) is 4.79 Å². The summed E-state index contributed by atoms with van der Waals surface area (Å²) in [6.07, 6.45) is 3.04. The number of ketones is 4. The average molecular weight is 451 g/mol. The number of esters is 1. The molecule has 0 bridgehead atoms. The number of carbonyl (C=O) groups excluding carboxylic acids is 5. The first-order valence-electron chi connectivity index (χ1n) is 10.9. The third kappa shape index (κ3) is 7.63. The van der Waals surface area contributed by atoms with Gasteiger partial charge in [-0.3, -0.25) is 19.2 Å². The van der Waals surface area contributed by atoms with Crippen LogP contribution < -0.4 is 0 Å². The zero-order valence-corrected chi connectivity index (χ0v) is 22.2. The highest BCUT2D eigenvalue weighted by Crippen LogP contribution is 2.47. The predicted molar refractivity (Wildman–Crippen MR) is 123 cm³/mol. The summed E-state index contributed by atoms with van der Waals surface area (Å²) < 4.78 is 5.06. The van der Waals surface area contributed by atoms with Gasteiger partial charge in [-0.05, 0) is 37.5 Å². The molecule has 0 saturated heterocycles. The molecule has 0 spiro atoms. The molecule has 0 heterocycles. The van der Waals surface area contributed by atoms with Gasteiger partial charge in [-0.2, -0.15) is 0 Å². The van der Waals surface area contributed by atoms with Crippen LogP contribution in [0.4, 0.5) is 0 Å². The minimum atomic E-state index is -0.755. The van der Waals surface area contributed by atoms with Crippen molar-refractivity contribution in [3.05, 3.63) is 12.2 Å². The highest BCUT2D eigenvalue weighted by Gasteiger charge is 2.51. The molecule has 2 fully saturated rings. The molecule has 7 heteroatoms. The van der Waals surface area contributed by atoms with E-state index in [1.807, 2.05) is 27.7 Å². The molecular weight excluding hydrogens is 412 g/mol. The van der Waals surface area contributed by atoms with E-state index >= 15 is 0 Å². The zero-order chi connectivity index (χ0) is 24.2. The minimum Gasteiger partial charge on any atom is -0.462 e. The quantitative estimate of drug-likeness (QED) is 0.210. The van der Waals surface area contributed by atoms with Crippen LogP contribution in [0, 0.1) is 16.7 Å². The third-order valence-corrected chi connectivity index (χ3v) is 7.20. The molecule has 31 heavy (non-hydrogen) atoms. The summed E-state index contributed by atoms with van der Waals surface area (Å²) in [6.45, 7) is 15.1. The van der Waals surface area contributed by atoms with Crippen molar-refractivity contribution < 1.29 is 28.7 Å². The molecule has 2 aliphatic rings. The van der Waals surface area contributed by atoms with Gasteiger partial charge in [-0.15, -0.1) is 0 Å². The van der Waals surface area contributed by atoms with Crippen LogP contribution in [-0.4, -0.2) is 46.0 Å². The molecule has 0 N–H and O–H groups in total. The van der Waals surface area contributed by atoms with E-state index in [0.717, 1.165) is 0 Å². The van der Waals surface area contributed by atoms with Crippen molar-refractivity contribution in [3.8, 4) is 0 Å². The van der Waals surface area contributed by atoms with Crippen LogP contribution in [-0.2, 0) is 28.7 Å². The van der Waals surface area contributed by atoms with Crippen molar-refractivity contribution in [2.75, 3.05) is 6.61 Å². The van der Waals surface area contributed by atoms with Crippen molar-refractivity contribution in [2.24, 2.45) is 16.7 Å². The average Bonchev–Trinajstić information content (AvgIpc) is 2.57. The van der Waals surface area contributed by atoms with E-state index in [0.29, 0.717) is 47.9 Å². The van der Waals surface area contributed by atoms with Crippen LogP contribution in [0.25, 0.3) is 0 Å². The van der Waals surface area contributed by atoms with Gasteiger partial charge in [0.25, 0.3) is 0 Å². The highest BCUT2D eigenvalue weighted by atomic mass is 28.1. The van der Waals surface area contributed by atoms with E-state index < -0.39 is 11.0 Å². The zero-order valence-electron chi connectivity index (χ0n) is 20.2. The molecule has 0 aromatic carbocycles. The fraction of sp³-hybridized carbons (Fsp3) is 0.708. The minimum absolute atomic E-state index is 0.0710. The standard InChI is InChI=1S/C16H26O4Si.C8H12O2/c1-10(2)14(19)20-8-6-7-11-13(18)16(5,21)12(17)9-15(11,3)4;1-8(2)4-6(9)3-7(10)5-8/h11H,1,6-9H2,2-5,21H3;3-5H2,1-2H3. The van der Waals surface area contributed by atoms with Gasteiger partial charge in [-0.1, -0.05) is 34.3 Å². The molecule has 0 radical (unpaired) electrons. The number of hydrogen-bond acceptors (Lipinski definition) is 6. The monoisotopic (exact) mass is 450 g/mol. The van der Waals surface area contributed by atoms with Gasteiger partial charge >= 0.3 is 5.97 Å². The van der Waals surface area contributed by atoms with E-state index in [9.17, 15) is 24.0 Å². The van der Waals surface area contributed by atoms with Gasteiger partial charge in [0.1, 0.15) is 23.1 Å². The lowest BCUT2D eigenvalue weighted by Crippen LogP contribution is -2.48. The maximum absolute atomic E-state index is 12.6. The molecule has 0 aromatic rings. The van der Waals surface area contributed by atoms with Crippen LogP contribution in [0.2, 0.25) is 5.04 Å². The van der Waals surface area contributed by atoms with Gasteiger partial charge < -0.3 is 4.74 Å². The Morgan fingerprint density at radius 3 is 2.00 bits per heavy atom. The maximum atomic E-state index is 12.6. The summed E-state index contributed by atoms with van der Waals surface area (Å²) >= 11 is 0. The predicted octanol–water partition coefficient (Wildman–Crippen LogP) is 2.95. The Kier molecular flexibility index (Phi) is 8.89. The Morgan fingerprint density at radius 1 is 1.03 bits per heavy atom. The van der Waals surface area contributed by atoms with Crippen molar-refractivity contribution in [3.63, 3.8) is 0 Å². The summed E-state index contributed by atoms with van der Waals surface area (Å²) in [7, 11) is 0.553. The van der Waals surface area contributed by atoms with Gasteiger partial charge in [0, 0.05) is 41.0 Å². The summed E-state index contributed by atoms with van der Waals surface area (Å²) in [5, 5.41) is -0.755. The summed E-state index contributed by atoms with van der Waals surface area (Å²) in [4.78, 5) is 57.8. The summed E-state index contributed by atoms with van der Waals surface area (Å²) in [5.74, 6) is -0.188. The molecule has 2 atom stereocenters. The van der Waals surface area contributed by atoms with E-state index in [1.165, 1.54) is 0 Å². The molecule has 0 aliphatic heterocycles. The fourth-order valence-corrected chi connectivity index (χ4v) is 4.78. The lowest BCUT2D eigenvalue weighted by atomic mass is 9.62. The van der Waals surface area contributed by atoms with Crippen molar-refractivity contribution in [1.29, 1.82) is 0 Å². The Bertz CT molecular complexity index is 757. The second kappa shape index (κ2) is 10.2. The maximum Gasteiger partial charge on any atom is 0.333 e. The number of rotatable bonds is 5. The third-order valence-electron chi connectivity index (χ3n) is 6.15. The van der Waals surface area contributed by atoms with Crippen molar-refractivity contribution >= 4 is 39.3 Å². The van der Waals surface area contributed by atoms with E-state index in [1.54, 1.807) is 13.8 Å². The van der Waals surface area contributed by atoms with Gasteiger partial charge in [0.15, 0.2) is 0 Å². The second-order valence-corrected chi connectivity index (χ2v) is 13.0.